The number of rotatable bonds is 8. The van der Waals surface area contributed by atoms with Crippen molar-refractivity contribution in [1.29, 1.82) is 0 Å². The monoisotopic (exact) mass is 477 g/mol. The summed E-state index contributed by atoms with van der Waals surface area (Å²) in [7, 11) is 0. The molecule has 2 amide bonds. The first-order chi connectivity index (χ1) is 16.5. The van der Waals surface area contributed by atoms with Crippen molar-refractivity contribution in [1.82, 2.24) is 24.8 Å². The second-order valence-electron chi connectivity index (χ2n) is 7.99. The Bertz CT molecular complexity index is 1390. The van der Waals surface area contributed by atoms with Gasteiger partial charge in [-0.2, -0.15) is 0 Å². The van der Waals surface area contributed by atoms with Gasteiger partial charge in [0.05, 0.1) is 21.6 Å². The summed E-state index contributed by atoms with van der Waals surface area (Å²) in [4.78, 5) is 53.4. The van der Waals surface area contributed by atoms with Crippen LogP contribution >= 0.6 is 11.3 Å². The third kappa shape index (κ3) is 4.84. The Hall–Kier alpha value is -3.99. The Morgan fingerprint density at radius 2 is 2.03 bits per heavy atom. The molecule has 0 unspecified atom stereocenters. The summed E-state index contributed by atoms with van der Waals surface area (Å²) in [6.07, 6.45) is 2.32. The molecular weight excluding hydrogens is 454 g/mol. The van der Waals surface area contributed by atoms with E-state index in [0.717, 1.165) is 24.9 Å². The molecule has 4 aromatic rings. The standard InChI is InChI=1S/C23H23N7O3S/c31-19-13-16(26-22(28-19)24-8-3-10-30-9-1-5-20(30)32)14-6-7-15-17(12-14)27-23(25-15)29-21(33)18-4-2-11-34-18/h2,4,6-7,11-13H,1,3,5,8-10H2,(H2,24,26,28,31)(H2,25,27,29,33). The molecule has 1 fully saturated rings. The van der Waals surface area contributed by atoms with E-state index in [-0.39, 0.29) is 17.4 Å². The van der Waals surface area contributed by atoms with Crippen molar-refractivity contribution in [3.05, 3.63) is 57.0 Å². The average molecular weight is 478 g/mol. The summed E-state index contributed by atoms with van der Waals surface area (Å²) in [5, 5.41) is 7.74. The van der Waals surface area contributed by atoms with Gasteiger partial charge in [0.25, 0.3) is 11.5 Å². The summed E-state index contributed by atoms with van der Waals surface area (Å²) < 4.78 is 0. The highest BCUT2D eigenvalue weighted by Gasteiger charge is 2.19. The number of nitrogens with zero attached hydrogens (tertiary/aromatic N) is 3. The minimum Gasteiger partial charge on any atom is -0.356 e. The Morgan fingerprint density at radius 3 is 2.82 bits per heavy atom. The normalized spacial score (nSPS) is 13.5. The predicted molar refractivity (Wildman–Crippen MR) is 131 cm³/mol. The number of imidazole rings is 1. The summed E-state index contributed by atoms with van der Waals surface area (Å²) >= 11 is 1.36. The van der Waals surface area contributed by atoms with Crippen LogP contribution in [0.15, 0.2) is 46.6 Å². The second kappa shape index (κ2) is 9.48. The second-order valence-corrected chi connectivity index (χ2v) is 8.94. The van der Waals surface area contributed by atoms with Crippen LogP contribution in [0.4, 0.5) is 11.9 Å². The molecule has 0 radical (unpaired) electrons. The third-order valence-corrected chi connectivity index (χ3v) is 6.43. The molecule has 1 aromatic carbocycles. The quantitative estimate of drug-likeness (QED) is 0.288. The lowest BCUT2D eigenvalue weighted by Gasteiger charge is -2.15. The smallest absolute Gasteiger partial charge is 0.268 e. The van der Waals surface area contributed by atoms with E-state index < -0.39 is 0 Å². The number of likely N-dealkylation sites (tertiary alicyclic amines) is 1. The number of nitrogens with one attached hydrogen (secondary N) is 4. The van der Waals surface area contributed by atoms with Crippen molar-refractivity contribution in [2.75, 3.05) is 30.3 Å². The number of aromatic nitrogens is 4. The lowest BCUT2D eigenvalue weighted by Crippen LogP contribution is -2.27. The first-order valence-electron chi connectivity index (χ1n) is 11.0. The highest BCUT2D eigenvalue weighted by atomic mass is 32.1. The maximum Gasteiger partial charge on any atom is 0.268 e. The van der Waals surface area contributed by atoms with Gasteiger partial charge < -0.3 is 15.2 Å². The van der Waals surface area contributed by atoms with Crippen molar-refractivity contribution in [2.24, 2.45) is 0 Å². The Morgan fingerprint density at radius 1 is 1.12 bits per heavy atom. The average Bonchev–Trinajstić information content (AvgIpc) is 3.57. The molecule has 34 heavy (non-hydrogen) atoms. The minimum atomic E-state index is -0.268. The van der Waals surface area contributed by atoms with Crippen molar-refractivity contribution in [3.8, 4) is 11.3 Å². The summed E-state index contributed by atoms with van der Waals surface area (Å²) in [6, 6.07) is 10.5. The first kappa shape index (κ1) is 21.8. The maximum absolute atomic E-state index is 12.3. The molecule has 174 valence electrons. The van der Waals surface area contributed by atoms with Crippen LogP contribution in [0.3, 0.4) is 0 Å². The first-order valence-corrected chi connectivity index (χ1v) is 11.9. The molecule has 5 rings (SSSR count). The maximum atomic E-state index is 12.3. The molecule has 0 bridgehead atoms. The molecular formula is C23H23N7O3S. The topological polar surface area (TPSA) is 136 Å². The Labute approximate surface area is 198 Å². The number of carbonyl (C=O) groups excluding carboxylic acids is 2. The van der Waals surface area contributed by atoms with E-state index in [1.807, 2.05) is 34.5 Å². The molecule has 1 aliphatic rings. The van der Waals surface area contributed by atoms with Gasteiger partial charge in [0.2, 0.25) is 17.8 Å². The van der Waals surface area contributed by atoms with Gasteiger partial charge in [0, 0.05) is 37.7 Å². The van der Waals surface area contributed by atoms with Crippen LogP contribution in [0.2, 0.25) is 0 Å². The van der Waals surface area contributed by atoms with E-state index in [1.165, 1.54) is 17.4 Å². The van der Waals surface area contributed by atoms with Gasteiger partial charge in [-0.15, -0.1) is 11.3 Å². The van der Waals surface area contributed by atoms with Gasteiger partial charge >= 0.3 is 0 Å². The fraction of sp³-hybridized carbons (Fsp3) is 0.261. The number of thiophene rings is 1. The van der Waals surface area contributed by atoms with Gasteiger partial charge in [-0.1, -0.05) is 12.1 Å². The summed E-state index contributed by atoms with van der Waals surface area (Å²) in [5.41, 5.74) is 2.39. The van der Waals surface area contributed by atoms with Gasteiger partial charge in [-0.3, -0.25) is 24.7 Å². The van der Waals surface area contributed by atoms with E-state index in [4.69, 9.17) is 0 Å². The van der Waals surface area contributed by atoms with Crippen LogP contribution in [0.5, 0.6) is 0 Å². The number of amides is 2. The number of benzene rings is 1. The van der Waals surface area contributed by atoms with Crippen molar-refractivity contribution >= 4 is 46.1 Å². The molecule has 11 heteroatoms. The number of hydrogen-bond acceptors (Lipinski definition) is 7. The molecule has 1 saturated heterocycles. The molecule has 0 saturated carbocycles. The predicted octanol–water partition coefficient (Wildman–Crippen LogP) is 3.05. The molecule has 0 atom stereocenters. The van der Waals surface area contributed by atoms with Crippen molar-refractivity contribution in [2.45, 2.75) is 19.3 Å². The van der Waals surface area contributed by atoms with Crippen LogP contribution in [0.25, 0.3) is 22.3 Å². The lowest BCUT2D eigenvalue weighted by atomic mass is 10.1. The molecule has 4 heterocycles. The minimum absolute atomic E-state index is 0.206. The lowest BCUT2D eigenvalue weighted by molar-refractivity contribution is -0.127. The Kier molecular flexibility index (Phi) is 6.09. The van der Waals surface area contributed by atoms with Crippen LogP contribution in [0.1, 0.15) is 28.9 Å². The molecule has 0 spiro atoms. The van der Waals surface area contributed by atoms with Crippen LogP contribution in [-0.2, 0) is 4.79 Å². The van der Waals surface area contributed by atoms with Gasteiger partial charge in [-0.05, 0) is 36.4 Å². The molecule has 0 aliphatic carbocycles. The highest BCUT2D eigenvalue weighted by Crippen LogP contribution is 2.23. The van der Waals surface area contributed by atoms with E-state index >= 15 is 0 Å². The zero-order chi connectivity index (χ0) is 23.5. The van der Waals surface area contributed by atoms with E-state index in [1.54, 1.807) is 6.07 Å². The molecule has 4 N–H and O–H groups in total. The van der Waals surface area contributed by atoms with Gasteiger partial charge in [0.1, 0.15) is 0 Å². The number of hydrogen-bond donors (Lipinski definition) is 4. The largest absolute Gasteiger partial charge is 0.356 e. The third-order valence-electron chi connectivity index (χ3n) is 5.56. The van der Waals surface area contributed by atoms with Gasteiger partial charge in [-0.25, -0.2) is 9.97 Å². The van der Waals surface area contributed by atoms with Crippen molar-refractivity contribution in [3.63, 3.8) is 0 Å². The van der Waals surface area contributed by atoms with E-state index in [9.17, 15) is 14.4 Å². The zero-order valence-electron chi connectivity index (χ0n) is 18.3. The van der Waals surface area contributed by atoms with Crippen LogP contribution in [-0.4, -0.2) is 56.3 Å². The number of fused-ring (bicyclic) bond motifs is 1. The molecule has 1 aliphatic heterocycles. The summed E-state index contributed by atoms with van der Waals surface area (Å²) in [6.45, 7) is 2.10. The van der Waals surface area contributed by atoms with Crippen molar-refractivity contribution < 1.29 is 9.59 Å². The van der Waals surface area contributed by atoms with Crippen LogP contribution in [0, 0.1) is 0 Å². The number of H-pyrrole nitrogens is 2. The number of carbonyl (C=O) groups is 2. The zero-order valence-corrected chi connectivity index (χ0v) is 19.1. The molecule has 10 nitrogen and oxygen atoms in total. The fourth-order valence-electron chi connectivity index (χ4n) is 3.91. The van der Waals surface area contributed by atoms with Gasteiger partial charge in [0.15, 0.2) is 0 Å². The highest BCUT2D eigenvalue weighted by molar-refractivity contribution is 7.12. The van der Waals surface area contributed by atoms with E-state index in [2.05, 4.69) is 30.6 Å². The number of anilines is 2. The SMILES string of the molecule is O=C(Nc1nc2ccc(-c3cc(=O)[nH]c(NCCCN4CCCC4=O)n3)cc2[nH]1)c1cccs1. The van der Waals surface area contributed by atoms with E-state index in [0.29, 0.717) is 53.0 Å². The summed E-state index contributed by atoms with van der Waals surface area (Å²) in [5.74, 6) is 0.708. The Balaban J connectivity index is 1.27. The van der Waals surface area contributed by atoms with Crippen LogP contribution < -0.4 is 16.2 Å². The fourth-order valence-corrected chi connectivity index (χ4v) is 4.53. The molecule has 3 aromatic heterocycles. The number of aromatic amines is 2.